The van der Waals surface area contributed by atoms with Gasteiger partial charge >= 0.3 is 0 Å². The summed E-state index contributed by atoms with van der Waals surface area (Å²) in [5, 5.41) is 8.16. The van der Waals surface area contributed by atoms with E-state index in [0.29, 0.717) is 19.6 Å². The lowest BCUT2D eigenvalue weighted by atomic mass is 10.1. The first-order valence-electron chi connectivity index (χ1n) is 9.35. The van der Waals surface area contributed by atoms with E-state index in [4.69, 9.17) is 9.47 Å². The van der Waals surface area contributed by atoms with Crippen LogP contribution in [0.4, 0.5) is 0 Å². The molecule has 0 N–H and O–H groups in total. The summed E-state index contributed by atoms with van der Waals surface area (Å²) in [6.07, 6.45) is 2.59. The van der Waals surface area contributed by atoms with Gasteiger partial charge in [-0.15, -0.1) is 11.3 Å². The van der Waals surface area contributed by atoms with Gasteiger partial charge in [-0.05, 0) is 23.6 Å². The number of thiophene rings is 1. The first-order chi connectivity index (χ1) is 14.0. The number of aromatic nitrogens is 1. The number of rotatable bonds is 9. The van der Waals surface area contributed by atoms with E-state index in [2.05, 4.69) is 5.10 Å². The van der Waals surface area contributed by atoms with Crippen LogP contribution >= 0.6 is 11.3 Å². The first kappa shape index (κ1) is 21.2. The zero-order valence-electron chi connectivity index (χ0n) is 16.9. The quantitative estimate of drug-likeness (QED) is 0.623. The molecule has 0 unspecified atom stereocenters. The molecule has 0 fully saturated rings. The smallest absolute Gasteiger partial charge is 0.262 e. The molecule has 1 aliphatic heterocycles. The van der Waals surface area contributed by atoms with Gasteiger partial charge in [-0.25, -0.2) is 5.01 Å². The van der Waals surface area contributed by atoms with Gasteiger partial charge in [0, 0.05) is 46.1 Å². The van der Waals surface area contributed by atoms with Crippen molar-refractivity contribution in [3.8, 4) is 0 Å². The number of methoxy groups -OCH3 is 2. The molecule has 0 spiro atoms. The molecule has 2 aromatic heterocycles. The largest absolute Gasteiger partial charge is 0.383 e. The molecule has 0 aliphatic carbocycles. The summed E-state index contributed by atoms with van der Waals surface area (Å²) in [6, 6.07) is 7.72. The summed E-state index contributed by atoms with van der Waals surface area (Å²) in [5.41, 5.74) is 1.88. The normalized spacial score (nSPS) is 16.2. The van der Waals surface area contributed by atoms with E-state index in [1.54, 1.807) is 18.4 Å². The minimum atomic E-state index is -0.255. The SMILES string of the molecule is COCCN(CC(=O)N1N=C(c2cccs2)C[C@H]1c1cccn1C)C(=O)COC. The number of aryl methyl sites for hydroxylation is 1. The number of hydrazone groups is 1. The zero-order valence-corrected chi connectivity index (χ0v) is 17.7. The number of hydrogen-bond acceptors (Lipinski definition) is 6. The van der Waals surface area contributed by atoms with Crippen molar-refractivity contribution in [1.82, 2.24) is 14.5 Å². The van der Waals surface area contributed by atoms with Gasteiger partial charge in [0.1, 0.15) is 19.2 Å². The summed E-state index contributed by atoms with van der Waals surface area (Å²) < 4.78 is 12.0. The fraction of sp³-hybridized carbons (Fsp3) is 0.450. The molecule has 0 saturated carbocycles. The summed E-state index contributed by atoms with van der Waals surface area (Å²) in [5.74, 6) is -0.488. The maximum Gasteiger partial charge on any atom is 0.262 e. The molecule has 156 valence electrons. The number of carbonyl (C=O) groups is 2. The second-order valence-electron chi connectivity index (χ2n) is 6.77. The van der Waals surface area contributed by atoms with Crippen LogP contribution in [-0.4, -0.2) is 72.5 Å². The molecule has 0 saturated heterocycles. The van der Waals surface area contributed by atoms with E-state index in [-0.39, 0.29) is 31.0 Å². The molecule has 0 radical (unpaired) electrons. The average molecular weight is 419 g/mol. The summed E-state index contributed by atoms with van der Waals surface area (Å²) >= 11 is 1.60. The highest BCUT2D eigenvalue weighted by Crippen LogP contribution is 2.33. The van der Waals surface area contributed by atoms with Crippen molar-refractivity contribution < 1.29 is 19.1 Å². The molecule has 2 aromatic rings. The van der Waals surface area contributed by atoms with Crippen molar-refractivity contribution in [2.45, 2.75) is 12.5 Å². The van der Waals surface area contributed by atoms with Gasteiger partial charge in [-0.1, -0.05) is 6.07 Å². The van der Waals surface area contributed by atoms with Gasteiger partial charge in [0.2, 0.25) is 5.91 Å². The third kappa shape index (κ3) is 4.92. The lowest BCUT2D eigenvalue weighted by molar-refractivity contribution is -0.144. The first-order valence-corrected chi connectivity index (χ1v) is 10.2. The second kappa shape index (κ2) is 9.82. The summed E-state index contributed by atoms with van der Waals surface area (Å²) in [7, 11) is 4.97. The topological polar surface area (TPSA) is 76.4 Å². The Labute approximate surface area is 174 Å². The fourth-order valence-corrected chi connectivity index (χ4v) is 4.05. The second-order valence-corrected chi connectivity index (χ2v) is 7.71. The van der Waals surface area contributed by atoms with E-state index in [1.165, 1.54) is 17.0 Å². The third-order valence-corrected chi connectivity index (χ3v) is 5.73. The lowest BCUT2D eigenvalue weighted by Gasteiger charge is -2.27. The number of nitrogens with zero attached hydrogens (tertiary/aromatic N) is 4. The van der Waals surface area contributed by atoms with Crippen LogP contribution in [0.3, 0.4) is 0 Å². The monoisotopic (exact) mass is 418 g/mol. The number of ether oxygens (including phenoxy) is 2. The van der Waals surface area contributed by atoms with Crippen molar-refractivity contribution in [3.63, 3.8) is 0 Å². The van der Waals surface area contributed by atoms with Crippen LogP contribution in [-0.2, 0) is 26.1 Å². The Kier molecular flexibility index (Phi) is 7.18. The molecule has 0 bridgehead atoms. The van der Waals surface area contributed by atoms with Crippen molar-refractivity contribution >= 4 is 28.9 Å². The van der Waals surface area contributed by atoms with Crippen LogP contribution < -0.4 is 0 Å². The maximum atomic E-state index is 13.2. The fourth-order valence-electron chi connectivity index (χ4n) is 3.33. The van der Waals surface area contributed by atoms with Crippen molar-refractivity contribution in [2.75, 3.05) is 40.5 Å². The van der Waals surface area contributed by atoms with E-state index < -0.39 is 0 Å². The Balaban J connectivity index is 1.83. The van der Waals surface area contributed by atoms with Gasteiger partial charge in [0.05, 0.1) is 17.2 Å². The molecule has 8 nitrogen and oxygen atoms in total. The highest BCUT2D eigenvalue weighted by molar-refractivity contribution is 7.12. The van der Waals surface area contributed by atoms with Crippen molar-refractivity contribution in [2.24, 2.45) is 12.1 Å². The summed E-state index contributed by atoms with van der Waals surface area (Å²) in [6.45, 7) is 0.498. The van der Waals surface area contributed by atoms with Gasteiger partial charge in [0.15, 0.2) is 0 Å². The molecule has 29 heavy (non-hydrogen) atoms. The molecule has 3 heterocycles. The van der Waals surface area contributed by atoms with Crippen molar-refractivity contribution in [3.05, 3.63) is 46.4 Å². The van der Waals surface area contributed by atoms with E-state index in [9.17, 15) is 9.59 Å². The number of hydrogen-bond donors (Lipinski definition) is 0. The van der Waals surface area contributed by atoms with E-state index in [1.807, 2.05) is 47.5 Å². The van der Waals surface area contributed by atoms with Crippen LogP contribution in [0, 0.1) is 0 Å². The Bertz CT molecular complexity index is 862. The number of carbonyl (C=O) groups excluding carboxylic acids is 2. The van der Waals surface area contributed by atoms with Crippen LogP contribution in [0.2, 0.25) is 0 Å². The Morgan fingerprint density at radius 3 is 2.72 bits per heavy atom. The predicted octanol–water partition coefficient (Wildman–Crippen LogP) is 1.89. The molecule has 3 rings (SSSR count). The predicted molar refractivity (Wildman–Crippen MR) is 111 cm³/mol. The molecule has 9 heteroatoms. The Hall–Kier alpha value is -2.49. The van der Waals surface area contributed by atoms with E-state index >= 15 is 0 Å². The molecular formula is C20H26N4O4S. The highest BCUT2D eigenvalue weighted by Gasteiger charge is 2.35. The third-order valence-electron chi connectivity index (χ3n) is 4.81. The van der Waals surface area contributed by atoms with E-state index in [0.717, 1.165) is 16.3 Å². The standard InChI is InChI=1S/C20H26N4O4S/c1-22-8-4-6-16(22)17-12-15(18-7-5-11-29-18)21-24(17)19(25)13-23(9-10-27-2)20(26)14-28-3/h4-8,11,17H,9-10,12-14H2,1-3H3/t17-/m0/s1. The minimum absolute atomic E-state index is 0.0757. The zero-order chi connectivity index (χ0) is 20.8. The minimum Gasteiger partial charge on any atom is -0.383 e. The van der Waals surface area contributed by atoms with Crippen LogP contribution in [0.1, 0.15) is 23.0 Å². The van der Waals surface area contributed by atoms with Crippen LogP contribution in [0.25, 0.3) is 0 Å². The Morgan fingerprint density at radius 2 is 2.10 bits per heavy atom. The lowest BCUT2D eigenvalue weighted by Crippen LogP contribution is -2.44. The van der Waals surface area contributed by atoms with Crippen LogP contribution in [0.5, 0.6) is 0 Å². The van der Waals surface area contributed by atoms with Gasteiger partial charge in [-0.2, -0.15) is 5.10 Å². The number of amides is 2. The van der Waals surface area contributed by atoms with Gasteiger partial charge in [0.25, 0.3) is 5.91 Å². The average Bonchev–Trinajstić information content (AvgIpc) is 3.44. The highest BCUT2D eigenvalue weighted by atomic mass is 32.1. The summed E-state index contributed by atoms with van der Waals surface area (Å²) in [4.78, 5) is 28.1. The maximum absolute atomic E-state index is 13.2. The molecular weight excluding hydrogens is 392 g/mol. The van der Waals surface area contributed by atoms with Gasteiger partial charge < -0.3 is 18.9 Å². The van der Waals surface area contributed by atoms with Crippen LogP contribution in [0.15, 0.2) is 40.9 Å². The Morgan fingerprint density at radius 1 is 1.28 bits per heavy atom. The molecule has 1 aliphatic rings. The molecule has 0 aromatic carbocycles. The molecule has 1 atom stereocenters. The molecule has 2 amide bonds. The van der Waals surface area contributed by atoms with Crippen molar-refractivity contribution in [1.29, 1.82) is 0 Å². The van der Waals surface area contributed by atoms with Gasteiger partial charge in [-0.3, -0.25) is 9.59 Å².